The average molecular weight is 187 g/mol. The largest absolute Gasteiger partial charge is 0.360 e. The Kier molecular flexibility index (Phi) is 2.23. The van der Waals surface area contributed by atoms with Gasteiger partial charge in [0.05, 0.1) is 11.1 Å². The summed E-state index contributed by atoms with van der Waals surface area (Å²) >= 11 is 0. The van der Waals surface area contributed by atoms with Gasteiger partial charge in [-0.1, -0.05) is 12.1 Å². The molecule has 2 rings (SSSR count). The standard InChI is InChI=1S/C11H11N2O/c1-2-12-11(14)9-5-3-4-8-6-7-13-10(8)9/h3-5,7,13H,2H2,1H3,(H,12,14). The molecule has 2 aromatic rings. The summed E-state index contributed by atoms with van der Waals surface area (Å²) in [6.07, 6.45) is 1.72. The number of fused-ring (bicyclic) bond motifs is 1. The molecule has 0 aliphatic heterocycles. The number of amides is 1. The Morgan fingerprint density at radius 2 is 2.43 bits per heavy atom. The molecule has 0 bridgehead atoms. The van der Waals surface area contributed by atoms with E-state index in [0.717, 1.165) is 10.9 Å². The van der Waals surface area contributed by atoms with Gasteiger partial charge in [0.15, 0.2) is 0 Å². The first-order chi connectivity index (χ1) is 6.83. The molecule has 3 nitrogen and oxygen atoms in total. The lowest BCUT2D eigenvalue weighted by atomic mass is 10.1. The molecule has 14 heavy (non-hydrogen) atoms. The number of carbonyl (C=O) groups is 1. The van der Waals surface area contributed by atoms with Crippen molar-refractivity contribution in [3.05, 3.63) is 36.0 Å². The van der Waals surface area contributed by atoms with E-state index in [9.17, 15) is 4.79 Å². The number of carbonyl (C=O) groups excluding carboxylic acids is 1. The van der Waals surface area contributed by atoms with Gasteiger partial charge < -0.3 is 10.3 Å². The van der Waals surface area contributed by atoms with Gasteiger partial charge in [0, 0.05) is 24.2 Å². The highest BCUT2D eigenvalue weighted by atomic mass is 16.1. The van der Waals surface area contributed by atoms with Crippen molar-refractivity contribution in [1.29, 1.82) is 0 Å². The van der Waals surface area contributed by atoms with Crippen molar-refractivity contribution in [1.82, 2.24) is 10.3 Å². The third-order valence-corrected chi connectivity index (χ3v) is 2.09. The smallest absolute Gasteiger partial charge is 0.253 e. The van der Waals surface area contributed by atoms with Crippen molar-refractivity contribution in [2.75, 3.05) is 6.54 Å². The fourth-order valence-electron chi connectivity index (χ4n) is 1.46. The molecule has 1 radical (unpaired) electrons. The minimum absolute atomic E-state index is 0.0473. The van der Waals surface area contributed by atoms with Gasteiger partial charge in [-0.15, -0.1) is 0 Å². The second-order valence-corrected chi connectivity index (χ2v) is 3.02. The molecule has 0 fully saturated rings. The van der Waals surface area contributed by atoms with Crippen LogP contribution >= 0.6 is 0 Å². The molecule has 71 valence electrons. The molecule has 0 saturated carbocycles. The van der Waals surface area contributed by atoms with Crippen LogP contribution in [0.3, 0.4) is 0 Å². The monoisotopic (exact) mass is 187 g/mol. The van der Waals surface area contributed by atoms with E-state index in [2.05, 4.69) is 16.4 Å². The van der Waals surface area contributed by atoms with Crippen LogP contribution < -0.4 is 5.32 Å². The van der Waals surface area contributed by atoms with E-state index in [1.807, 2.05) is 19.1 Å². The second-order valence-electron chi connectivity index (χ2n) is 3.02. The molecule has 1 aromatic carbocycles. The molecule has 1 aromatic heterocycles. The Morgan fingerprint density at radius 1 is 1.57 bits per heavy atom. The summed E-state index contributed by atoms with van der Waals surface area (Å²) in [5.74, 6) is -0.0473. The second kappa shape index (κ2) is 3.54. The van der Waals surface area contributed by atoms with Crippen LogP contribution in [-0.4, -0.2) is 17.4 Å². The molecule has 0 aliphatic carbocycles. The van der Waals surface area contributed by atoms with E-state index in [0.29, 0.717) is 12.1 Å². The zero-order valence-electron chi connectivity index (χ0n) is 7.92. The van der Waals surface area contributed by atoms with Crippen molar-refractivity contribution >= 4 is 16.8 Å². The van der Waals surface area contributed by atoms with Gasteiger partial charge in [0.1, 0.15) is 0 Å². The highest BCUT2D eigenvalue weighted by molar-refractivity contribution is 6.05. The number of hydrogen-bond acceptors (Lipinski definition) is 1. The molecule has 0 saturated heterocycles. The first-order valence-electron chi connectivity index (χ1n) is 4.59. The van der Waals surface area contributed by atoms with Crippen LogP contribution in [0, 0.1) is 6.07 Å². The fourth-order valence-corrected chi connectivity index (χ4v) is 1.46. The summed E-state index contributed by atoms with van der Waals surface area (Å²) in [5, 5.41) is 3.71. The van der Waals surface area contributed by atoms with Gasteiger partial charge >= 0.3 is 0 Å². The minimum atomic E-state index is -0.0473. The summed E-state index contributed by atoms with van der Waals surface area (Å²) in [6.45, 7) is 2.54. The number of aromatic amines is 1. The van der Waals surface area contributed by atoms with Gasteiger partial charge in [-0.2, -0.15) is 0 Å². The van der Waals surface area contributed by atoms with Crippen LogP contribution in [-0.2, 0) is 0 Å². The molecule has 0 spiro atoms. The van der Waals surface area contributed by atoms with E-state index in [1.54, 1.807) is 12.3 Å². The molecular formula is C11H11N2O. The minimum Gasteiger partial charge on any atom is -0.360 e. The summed E-state index contributed by atoms with van der Waals surface area (Å²) < 4.78 is 0. The van der Waals surface area contributed by atoms with Gasteiger partial charge in [-0.05, 0) is 13.0 Å². The average Bonchev–Trinajstić information content (AvgIpc) is 2.65. The topological polar surface area (TPSA) is 44.9 Å². The lowest BCUT2D eigenvalue weighted by molar-refractivity contribution is 0.0957. The highest BCUT2D eigenvalue weighted by Gasteiger charge is 2.08. The number of hydrogen-bond donors (Lipinski definition) is 2. The maximum atomic E-state index is 11.6. The van der Waals surface area contributed by atoms with Crippen LogP contribution in [0.25, 0.3) is 10.9 Å². The van der Waals surface area contributed by atoms with Crippen molar-refractivity contribution in [3.63, 3.8) is 0 Å². The lowest BCUT2D eigenvalue weighted by Gasteiger charge is -2.02. The summed E-state index contributed by atoms with van der Waals surface area (Å²) in [6, 6.07) is 8.61. The van der Waals surface area contributed by atoms with Crippen molar-refractivity contribution in [3.8, 4) is 0 Å². The first kappa shape index (κ1) is 8.81. The first-order valence-corrected chi connectivity index (χ1v) is 4.59. The van der Waals surface area contributed by atoms with E-state index >= 15 is 0 Å². The van der Waals surface area contributed by atoms with Crippen LogP contribution in [0.4, 0.5) is 0 Å². The van der Waals surface area contributed by atoms with Crippen molar-refractivity contribution in [2.24, 2.45) is 0 Å². The number of H-pyrrole nitrogens is 1. The number of nitrogens with one attached hydrogen (secondary N) is 2. The van der Waals surface area contributed by atoms with Gasteiger partial charge in [-0.3, -0.25) is 4.79 Å². The zero-order valence-corrected chi connectivity index (χ0v) is 7.92. The van der Waals surface area contributed by atoms with Gasteiger partial charge in [-0.25, -0.2) is 0 Å². The highest BCUT2D eigenvalue weighted by Crippen LogP contribution is 2.15. The predicted molar refractivity (Wildman–Crippen MR) is 55.1 cm³/mol. The normalized spacial score (nSPS) is 10.4. The number of aromatic nitrogens is 1. The van der Waals surface area contributed by atoms with Crippen LogP contribution in [0.1, 0.15) is 17.3 Å². The summed E-state index contributed by atoms with van der Waals surface area (Å²) in [4.78, 5) is 14.6. The Bertz CT molecular complexity index is 459. The fraction of sp³-hybridized carbons (Fsp3) is 0.182. The van der Waals surface area contributed by atoms with Gasteiger partial charge in [0.2, 0.25) is 0 Å². The molecule has 3 heteroatoms. The zero-order chi connectivity index (χ0) is 9.97. The third-order valence-electron chi connectivity index (χ3n) is 2.09. The predicted octanol–water partition coefficient (Wildman–Crippen LogP) is 1.72. The quantitative estimate of drug-likeness (QED) is 0.738. The van der Waals surface area contributed by atoms with E-state index in [-0.39, 0.29) is 5.91 Å². The molecule has 1 amide bonds. The maximum Gasteiger partial charge on any atom is 0.253 e. The maximum absolute atomic E-state index is 11.6. The molecular weight excluding hydrogens is 176 g/mol. The Labute approximate surface area is 82.1 Å². The van der Waals surface area contributed by atoms with Crippen molar-refractivity contribution < 1.29 is 4.79 Å². The van der Waals surface area contributed by atoms with Gasteiger partial charge in [0.25, 0.3) is 5.91 Å². The number of para-hydroxylation sites is 1. The van der Waals surface area contributed by atoms with E-state index < -0.39 is 0 Å². The molecule has 0 unspecified atom stereocenters. The molecule has 2 N–H and O–H groups in total. The van der Waals surface area contributed by atoms with E-state index in [1.165, 1.54) is 0 Å². The molecule has 0 aliphatic rings. The van der Waals surface area contributed by atoms with E-state index in [4.69, 9.17) is 0 Å². The lowest BCUT2D eigenvalue weighted by Crippen LogP contribution is -2.22. The van der Waals surface area contributed by atoms with Crippen LogP contribution in [0.5, 0.6) is 0 Å². The van der Waals surface area contributed by atoms with Crippen molar-refractivity contribution in [2.45, 2.75) is 6.92 Å². The summed E-state index contributed by atoms with van der Waals surface area (Å²) in [7, 11) is 0. The molecule has 0 atom stereocenters. The Morgan fingerprint density at radius 3 is 3.21 bits per heavy atom. The van der Waals surface area contributed by atoms with Crippen LogP contribution in [0.15, 0.2) is 24.4 Å². The summed E-state index contributed by atoms with van der Waals surface area (Å²) in [5.41, 5.74) is 1.52. The Balaban J connectivity index is 2.50. The third kappa shape index (κ3) is 1.37. The number of rotatable bonds is 2. The SMILES string of the molecule is CCNC(=O)c1cccc2[c]c[nH]c12. The van der Waals surface area contributed by atoms with Crippen LogP contribution in [0.2, 0.25) is 0 Å². The molecule has 1 heterocycles. The Hall–Kier alpha value is -1.77. The number of benzene rings is 1.